The van der Waals surface area contributed by atoms with E-state index >= 15 is 0 Å². The summed E-state index contributed by atoms with van der Waals surface area (Å²) in [6.07, 6.45) is 1.65. The van der Waals surface area contributed by atoms with Gasteiger partial charge in [-0.05, 0) is 6.42 Å². The fourth-order valence-electron chi connectivity index (χ4n) is 1.54. The van der Waals surface area contributed by atoms with Crippen molar-refractivity contribution in [3.63, 3.8) is 0 Å². The Morgan fingerprint density at radius 3 is 2.82 bits per heavy atom. The quantitative estimate of drug-likeness (QED) is 0.870. The zero-order valence-electron chi connectivity index (χ0n) is 8.88. The molecule has 6 nitrogen and oxygen atoms in total. The number of nitrogens with one attached hydrogen (secondary N) is 1. The molecule has 17 heavy (non-hydrogen) atoms. The van der Waals surface area contributed by atoms with Gasteiger partial charge in [0.05, 0.1) is 6.20 Å². The number of sulfonamides is 1. The summed E-state index contributed by atoms with van der Waals surface area (Å²) < 4.78 is 26.3. The van der Waals surface area contributed by atoms with Crippen molar-refractivity contribution in [2.75, 3.05) is 13.6 Å². The molecule has 1 N–H and O–H groups in total. The molecule has 0 saturated carbocycles. The molecule has 9 heteroatoms. The first kappa shape index (κ1) is 12.7. The molecule has 1 aromatic heterocycles. The molecule has 1 aliphatic rings. The Bertz CT molecular complexity index is 542. The topological polar surface area (TPSA) is 79.4 Å². The number of carbonyl (C=O) groups excluding carboxylic acids is 1. The van der Waals surface area contributed by atoms with Crippen LogP contribution in [0.15, 0.2) is 10.4 Å². The van der Waals surface area contributed by atoms with Gasteiger partial charge in [-0.3, -0.25) is 4.79 Å². The third-order valence-corrected chi connectivity index (χ3v) is 5.49. The van der Waals surface area contributed by atoms with Gasteiger partial charge in [-0.2, -0.15) is 4.72 Å². The molecule has 1 unspecified atom stereocenters. The lowest BCUT2D eigenvalue weighted by molar-refractivity contribution is -0.127. The van der Waals surface area contributed by atoms with E-state index < -0.39 is 16.1 Å². The number of hydrogen-bond acceptors (Lipinski definition) is 5. The van der Waals surface area contributed by atoms with Crippen molar-refractivity contribution in [3.05, 3.63) is 10.7 Å². The number of nitrogens with zero attached hydrogens (tertiary/aromatic N) is 2. The Balaban J connectivity index is 2.16. The van der Waals surface area contributed by atoms with Crippen LogP contribution >= 0.6 is 22.9 Å². The third-order valence-electron chi connectivity index (χ3n) is 2.45. The van der Waals surface area contributed by atoms with Crippen molar-refractivity contribution in [3.8, 4) is 0 Å². The number of rotatable bonds is 3. The standard InChI is InChI=1S/C8H10ClN3O3S2/c1-12-3-2-5(7(12)13)11-17(14,15)6-4-10-8(9)16-6/h4-5,11H,2-3H2,1H3. The number of carbonyl (C=O) groups is 1. The summed E-state index contributed by atoms with van der Waals surface area (Å²) in [5, 5.41) is 0. The van der Waals surface area contributed by atoms with Gasteiger partial charge in [0, 0.05) is 13.6 Å². The molecule has 1 fully saturated rings. The summed E-state index contributed by atoms with van der Waals surface area (Å²) in [6, 6.07) is -0.689. The van der Waals surface area contributed by atoms with Crippen molar-refractivity contribution in [2.24, 2.45) is 0 Å². The van der Waals surface area contributed by atoms with E-state index in [1.165, 1.54) is 11.1 Å². The van der Waals surface area contributed by atoms with Crippen molar-refractivity contribution in [2.45, 2.75) is 16.7 Å². The maximum atomic E-state index is 11.9. The Kier molecular flexibility index (Phi) is 3.39. The summed E-state index contributed by atoms with van der Waals surface area (Å²) in [6.45, 7) is 0.551. The van der Waals surface area contributed by atoms with Gasteiger partial charge >= 0.3 is 0 Å². The third kappa shape index (κ3) is 2.59. The van der Waals surface area contributed by atoms with E-state index in [0.29, 0.717) is 13.0 Å². The normalized spacial score (nSPS) is 21.2. The molecule has 1 aliphatic heterocycles. The second-order valence-electron chi connectivity index (χ2n) is 3.65. The number of aromatic nitrogens is 1. The minimum absolute atomic E-state index is 0.0184. The molecule has 0 spiro atoms. The Morgan fingerprint density at radius 2 is 2.35 bits per heavy atom. The molecule has 2 rings (SSSR count). The minimum Gasteiger partial charge on any atom is -0.344 e. The Hall–Kier alpha value is -0.700. The van der Waals surface area contributed by atoms with E-state index in [4.69, 9.17) is 11.6 Å². The zero-order chi connectivity index (χ0) is 12.6. The first-order valence-corrected chi connectivity index (χ1v) is 7.46. The van der Waals surface area contributed by atoms with E-state index in [9.17, 15) is 13.2 Å². The first-order valence-electron chi connectivity index (χ1n) is 4.79. The molecule has 1 aromatic rings. The van der Waals surface area contributed by atoms with Crippen LogP contribution < -0.4 is 4.72 Å². The number of likely N-dealkylation sites (N-methyl/N-ethyl adjacent to an activating group) is 1. The Labute approximate surface area is 108 Å². The smallest absolute Gasteiger partial charge is 0.252 e. The van der Waals surface area contributed by atoms with Gasteiger partial charge in [0.25, 0.3) is 10.0 Å². The summed E-state index contributed by atoms with van der Waals surface area (Å²) >= 11 is 6.43. The maximum absolute atomic E-state index is 11.9. The molecule has 0 bridgehead atoms. The van der Waals surface area contributed by atoms with E-state index in [1.807, 2.05) is 0 Å². The largest absolute Gasteiger partial charge is 0.344 e. The number of amides is 1. The molecule has 0 radical (unpaired) electrons. The van der Waals surface area contributed by atoms with Gasteiger partial charge in [0.1, 0.15) is 6.04 Å². The maximum Gasteiger partial charge on any atom is 0.252 e. The highest BCUT2D eigenvalue weighted by molar-refractivity contribution is 7.91. The summed E-state index contributed by atoms with van der Waals surface area (Å²) in [5.74, 6) is -0.218. The van der Waals surface area contributed by atoms with Crippen molar-refractivity contribution in [1.82, 2.24) is 14.6 Å². The van der Waals surface area contributed by atoms with Crippen LogP contribution in [0.2, 0.25) is 4.47 Å². The number of thiazole rings is 1. The molecule has 1 saturated heterocycles. The molecule has 2 heterocycles. The predicted molar refractivity (Wildman–Crippen MR) is 63.5 cm³/mol. The second-order valence-corrected chi connectivity index (χ2v) is 7.21. The van der Waals surface area contributed by atoms with Gasteiger partial charge in [-0.1, -0.05) is 22.9 Å². The highest BCUT2D eigenvalue weighted by Crippen LogP contribution is 2.23. The monoisotopic (exact) mass is 295 g/mol. The molecule has 0 aliphatic carbocycles. The molecular formula is C8H10ClN3O3S2. The van der Waals surface area contributed by atoms with Crippen molar-refractivity contribution >= 4 is 38.9 Å². The highest BCUT2D eigenvalue weighted by atomic mass is 35.5. The first-order chi connectivity index (χ1) is 7.90. The predicted octanol–water partition coefficient (Wildman–Crippen LogP) is 0.306. The SMILES string of the molecule is CN1CCC(NS(=O)(=O)c2cnc(Cl)s2)C1=O. The van der Waals surface area contributed by atoms with Gasteiger partial charge < -0.3 is 4.90 Å². The second kappa shape index (κ2) is 4.52. The number of halogens is 1. The van der Waals surface area contributed by atoms with Crippen molar-refractivity contribution in [1.29, 1.82) is 0 Å². The lowest BCUT2D eigenvalue weighted by Gasteiger charge is -2.11. The van der Waals surface area contributed by atoms with Crippen LogP contribution in [0, 0.1) is 0 Å². The molecular weight excluding hydrogens is 286 g/mol. The van der Waals surface area contributed by atoms with Gasteiger partial charge in [0.2, 0.25) is 5.91 Å². The minimum atomic E-state index is -3.71. The fourth-order valence-corrected chi connectivity index (χ4v) is 4.07. The molecule has 1 atom stereocenters. The van der Waals surface area contributed by atoms with Crippen molar-refractivity contribution < 1.29 is 13.2 Å². The van der Waals surface area contributed by atoms with Gasteiger partial charge in [-0.25, -0.2) is 13.4 Å². The fraction of sp³-hybridized carbons (Fsp3) is 0.500. The van der Waals surface area contributed by atoms with Crippen LogP contribution in [0.1, 0.15) is 6.42 Å². The van der Waals surface area contributed by atoms with Crippen LogP contribution in [0.5, 0.6) is 0 Å². The zero-order valence-corrected chi connectivity index (χ0v) is 11.3. The molecule has 0 aromatic carbocycles. The molecule has 1 amide bonds. The Morgan fingerprint density at radius 1 is 1.65 bits per heavy atom. The van der Waals surface area contributed by atoms with Crippen LogP contribution in [-0.4, -0.2) is 43.8 Å². The van der Waals surface area contributed by atoms with Gasteiger partial charge in [-0.15, -0.1) is 0 Å². The van der Waals surface area contributed by atoms with Crippen LogP contribution in [0.3, 0.4) is 0 Å². The van der Waals surface area contributed by atoms with Crippen LogP contribution in [-0.2, 0) is 14.8 Å². The van der Waals surface area contributed by atoms with Gasteiger partial charge in [0.15, 0.2) is 8.68 Å². The van der Waals surface area contributed by atoms with E-state index in [1.54, 1.807) is 7.05 Å². The lowest BCUT2D eigenvalue weighted by atomic mass is 10.3. The highest BCUT2D eigenvalue weighted by Gasteiger charge is 2.33. The van der Waals surface area contributed by atoms with E-state index in [2.05, 4.69) is 9.71 Å². The number of hydrogen-bond donors (Lipinski definition) is 1. The van der Waals surface area contributed by atoms with Crippen LogP contribution in [0.25, 0.3) is 0 Å². The summed E-state index contributed by atoms with van der Waals surface area (Å²) in [5.41, 5.74) is 0. The summed E-state index contributed by atoms with van der Waals surface area (Å²) in [7, 11) is -2.07. The molecule has 94 valence electrons. The summed E-state index contributed by atoms with van der Waals surface area (Å²) in [4.78, 5) is 16.7. The van der Waals surface area contributed by atoms with Crippen LogP contribution in [0.4, 0.5) is 0 Å². The average molecular weight is 296 g/mol. The van der Waals surface area contributed by atoms with E-state index in [0.717, 1.165) is 11.3 Å². The number of likely N-dealkylation sites (tertiary alicyclic amines) is 1. The lowest BCUT2D eigenvalue weighted by Crippen LogP contribution is -2.40. The average Bonchev–Trinajstić information content (AvgIpc) is 2.80. The van der Waals surface area contributed by atoms with E-state index in [-0.39, 0.29) is 14.6 Å².